The van der Waals surface area contributed by atoms with Crippen molar-refractivity contribution < 1.29 is 32.4 Å². The third kappa shape index (κ3) is 8.12. The lowest BCUT2D eigenvalue weighted by molar-refractivity contribution is -0.145. The number of amides is 5. The van der Waals surface area contributed by atoms with Gasteiger partial charge in [-0.05, 0) is 80.0 Å². The predicted octanol–water partition coefficient (Wildman–Crippen LogP) is 3.48. The van der Waals surface area contributed by atoms with Crippen molar-refractivity contribution in [2.24, 2.45) is 28.1 Å². The van der Waals surface area contributed by atoms with E-state index in [1.165, 1.54) is 0 Å². The number of likely N-dealkylation sites (tertiary alicyclic amines) is 1. The van der Waals surface area contributed by atoms with Gasteiger partial charge in [0.15, 0.2) is 9.84 Å². The SMILES string of the molecule is CCCC[C@H](NC(=O)[C@@H]1[C@@H]2[C@H](CN1C(=O)[C@@H](NC(=O)NC1([C@H]3CCCS3(=O)=O)CCC(C)(C)CC1)C(C)(C)C)C2(C)C)C(=O)C(=O)NCC. The number of hydrogen-bond donors (Lipinski definition) is 4. The molecule has 0 bridgehead atoms. The van der Waals surface area contributed by atoms with Gasteiger partial charge in [0.2, 0.25) is 17.6 Å². The Balaban J connectivity index is 1.57. The number of Topliss-reactive ketones (excluding diaryl/α,β-unsaturated/α-hetero) is 1. The largest absolute Gasteiger partial charge is 0.350 e. The van der Waals surface area contributed by atoms with E-state index in [-0.39, 0.29) is 35.0 Å². The average molecular weight is 708 g/mol. The summed E-state index contributed by atoms with van der Waals surface area (Å²) in [4.78, 5) is 69.5. The number of unbranched alkanes of at least 4 members (excludes halogenated alkanes) is 1. The number of rotatable bonds is 12. The summed E-state index contributed by atoms with van der Waals surface area (Å²) in [7, 11) is -3.39. The number of fused-ring (bicyclic) bond motifs is 1. The fourth-order valence-corrected chi connectivity index (χ4v) is 11.0. The standard InChI is InChI=1S/C36H61N5O7S/c1-10-12-14-23(27(42)30(44)37-11-2)38-29(43)26-25-22(35(25,8)9)21-41(26)31(45)28(33(3,4)5)39-32(46)40-36(18-16-34(6,7)17-19-36)24-15-13-20-49(24,47)48/h22-26,28H,10-21H2,1-9H3,(H,37,44)(H,38,43)(H2,39,40,46)/t22-,23-,24+,25-,26-,28+/m0/s1. The first-order chi connectivity index (χ1) is 22.6. The lowest BCUT2D eigenvalue weighted by Gasteiger charge is -2.47. The van der Waals surface area contributed by atoms with Gasteiger partial charge in [0, 0.05) is 13.1 Å². The topological polar surface area (TPSA) is 171 Å². The molecule has 2 saturated heterocycles. The number of urea groups is 1. The van der Waals surface area contributed by atoms with Gasteiger partial charge in [0.25, 0.3) is 5.91 Å². The van der Waals surface area contributed by atoms with Crippen LogP contribution in [0.15, 0.2) is 0 Å². The molecule has 4 N–H and O–H groups in total. The maximum Gasteiger partial charge on any atom is 0.315 e. The smallest absolute Gasteiger partial charge is 0.315 e. The summed E-state index contributed by atoms with van der Waals surface area (Å²) in [6.07, 6.45) is 5.38. The van der Waals surface area contributed by atoms with Crippen LogP contribution < -0.4 is 21.3 Å². The first kappa shape index (κ1) is 39.1. The Labute approximate surface area is 293 Å². The minimum absolute atomic E-state index is 0.0356. The minimum atomic E-state index is -3.39. The molecule has 0 aromatic carbocycles. The molecule has 278 valence electrons. The number of ketones is 1. The first-order valence-electron chi connectivity index (χ1n) is 18.3. The number of nitrogens with zero attached hydrogens (tertiary/aromatic N) is 1. The van der Waals surface area contributed by atoms with E-state index in [4.69, 9.17) is 0 Å². The highest BCUT2D eigenvalue weighted by Crippen LogP contribution is 2.65. The Hall–Kier alpha value is -2.70. The summed E-state index contributed by atoms with van der Waals surface area (Å²) in [6, 6.07) is -3.49. The maximum absolute atomic E-state index is 14.5. The van der Waals surface area contributed by atoms with Gasteiger partial charge in [-0.2, -0.15) is 0 Å². The molecule has 0 aromatic heterocycles. The van der Waals surface area contributed by atoms with Gasteiger partial charge < -0.3 is 26.2 Å². The van der Waals surface area contributed by atoms with E-state index in [1.54, 1.807) is 11.8 Å². The highest BCUT2D eigenvalue weighted by atomic mass is 32.2. The molecule has 2 saturated carbocycles. The summed E-state index contributed by atoms with van der Waals surface area (Å²) in [6.45, 7) is 18.3. The fourth-order valence-electron chi connectivity index (χ4n) is 8.67. The normalized spacial score (nSPS) is 28.8. The molecule has 0 radical (unpaired) electrons. The van der Waals surface area contributed by atoms with Gasteiger partial charge >= 0.3 is 6.03 Å². The fraction of sp³-hybridized carbons (Fsp3) is 0.861. The molecule has 2 aliphatic carbocycles. The summed E-state index contributed by atoms with van der Waals surface area (Å²) < 4.78 is 26.4. The van der Waals surface area contributed by atoms with E-state index >= 15 is 0 Å². The van der Waals surface area contributed by atoms with E-state index in [1.807, 2.05) is 27.7 Å². The Morgan fingerprint density at radius 2 is 1.57 bits per heavy atom. The van der Waals surface area contributed by atoms with Crippen molar-refractivity contribution in [1.82, 2.24) is 26.2 Å². The second-order valence-electron chi connectivity index (χ2n) is 17.5. The van der Waals surface area contributed by atoms with Crippen LogP contribution in [0.5, 0.6) is 0 Å². The maximum atomic E-state index is 14.5. The highest BCUT2D eigenvalue weighted by molar-refractivity contribution is 7.92. The molecule has 0 aromatic rings. The second-order valence-corrected chi connectivity index (χ2v) is 19.8. The van der Waals surface area contributed by atoms with E-state index in [0.717, 1.165) is 19.3 Å². The molecule has 4 fully saturated rings. The molecule has 4 rings (SSSR count). The Morgan fingerprint density at radius 1 is 0.939 bits per heavy atom. The number of nitrogens with one attached hydrogen (secondary N) is 4. The van der Waals surface area contributed by atoms with Crippen LogP contribution in [-0.4, -0.2) is 90.6 Å². The first-order valence-corrected chi connectivity index (χ1v) is 20.1. The summed E-state index contributed by atoms with van der Waals surface area (Å²) in [5.74, 6) is -2.30. The van der Waals surface area contributed by atoms with Gasteiger partial charge in [0.1, 0.15) is 12.1 Å². The zero-order valence-electron chi connectivity index (χ0n) is 31.2. The number of carbonyl (C=O) groups excluding carboxylic acids is 5. The van der Waals surface area contributed by atoms with Gasteiger partial charge in [-0.25, -0.2) is 13.2 Å². The Morgan fingerprint density at radius 3 is 2.10 bits per heavy atom. The zero-order chi connectivity index (χ0) is 36.7. The average Bonchev–Trinajstić information content (AvgIpc) is 3.32. The number of sulfone groups is 1. The van der Waals surface area contributed by atoms with Gasteiger partial charge in [-0.1, -0.05) is 68.2 Å². The molecule has 0 unspecified atom stereocenters. The summed E-state index contributed by atoms with van der Waals surface area (Å²) in [5.41, 5.74) is -1.84. The Bertz CT molecular complexity index is 1410. The van der Waals surface area contributed by atoms with Crippen molar-refractivity contribution in [3.63, 3.8) is 0 Å². The van der Waals surface area contributed by atoms with Gasteiger partial charge in [-0.3, -0.25) is 19.2 Å². The lowest BCUT2D eigenvalue weighted by atomic mass is 9.67. The van der Waals surface area contributed by atoms with Crippen molar-refractivity contribution in [3.05, 3.63) is 0 Å². The molecular weight excluding hydrogens is 646 g/mol. The Kier molecular flexibility index (Phi) is 11.3. The predicted molar refractivity (Wildman–Crippen MR) is 188 cm³/mol. The molecule has 4 aliphatic rings. The molecule has 2 heterocycles. The molecule has 0 spiro atoms. The van der Waals surface area contributed by atoms with Crippen LogP contribution in [0.4, 0.5) is 4.79 Å². The molecular formula is C36H61N5O7S. The minimum Gasteiger partial charge on any atom is -0.350 e. The van der Waals surface area contributed by atoms with Crippen LogP contribution in [-0.2, 0) is 29.0 Å². The molecule has 5 amide bonds. The highest BCUT2D eigenvalue weighted by Gasteiger charge is 2.70. The molecule has 2 aliphatic heterocycles. The third-order valence-corrected chi connectivity index (χ3v) is 14.4. The van der Waals surface area contributed by atoms with E-state index in [2.05, 4.69) is 49.0 Å². The van der Waals surface area contributed by atoms with Crippen LogP contribution in [0, 0.1) is 28.1 Å². The second kappa shape index (κ2) is 14.1. The van der Waals surface area contributed by atoms with Gasteiger partial charge in [-0.15, -0.1) is 0 Å². The summed E-state index contributed by atoms with van der Waals surface area (Å²) >= 11 is 0. The van der Waals surface area contributed by atoms with Crippen molar-refractivity contribution in [3.8, 4) is 0 Å². The quantitative estimate of drug-likeness (QED) is 0.225. The van der Waals surface area contributed by atoms with E-state index in [9.17, 15) is 32.4 Å². The van der Waals surface area contributed by atoms with Crippen LogP contribution in [0.25, 0.3) is 0 Å². The molecule has 12 nitrogen and oxygen atoms in total. The number of piperidine rings is 1. The van der Waals surface area contributed by atoms with Crippen molar-refractivity contribution in [2.45, 2.75) is 149 Å². The molecule has 13 heteroatoms. The van der Waals surface area contributed by atoms with Crippen molar-refractivity contribution in [1.29, 1.82) is 0 Å². The van der Waals surface area contributed by atoms with Crippen molar-refractivity contribution >= 4 is 39.4 Å². The van der Waals surface area contributed by atoms with E-state index in [0.29, 0.717) is 45.1 Å². The zero-order valence-corrected chi connectivity index (χ0v) is 32.0. The van der Waals surface area contributed by atoms with E-state index < -0.39 is 73.7 Å². The van der Waals surface area contributed by atoms with Crippen LogP contribution in [0.3, 0.4) is 0 Å². The van der Waals surface area contributed by atoms with Gasteiger partial charge in [0.05, 0.1) is 22.6 Å². The summed E-state index contributed by atoms with van der Waals surface area (Å²) in [5, 5.41) is 10.7. The number of likely N-dealkylation sites (N-methyl/N-ethyl adjacent to an activating group) is 1. The van der Waals surface area contributed by atoms with Crippen LogP contribution in [0.1, 0.15) is 120 Å². The van der Waals surface area contributed by atoms with Crippen LogP contribution >= 0.6 is 0 Å². The van der Waals surface area contributed by atoms with Crippen molar-refractivity contribution in [2.75, 3.05) is 18.8 Å². The van der Waals surface area contributed by atoms with Crippen LogP contribution in [0.2, 0.25) is 0 Å². The number of hydrogen-bond acceptors (Lipinski definition) is 7. The molecule has 6 atom stereocenters. The number of carbonyl (C=O) groups is 5. The molecule has 49 heavy (non-hydrogen) atoms. The monoisotopic (exact) mass is 707 g/mol. The lowest BCUT2D eigenvalue weighted by Crippen LogP contribution is -2.65. The third-order valence-electron chi connectivity index (χ3n) is 12.0.